The minimum atomic E-state index is -0.0359. The van der Waals surface area contributed by atoms with Gasteiger partial charge in [0.2, 0.25) is 5.78 Å². The van der Waals surface area contributed by atoms with Crippen LogP contribution in [0.1, 0.15) is 44.1 Å². The number of hydrogen-bond donors (Lipinski definition) is 0. The van der Waals surface area contributed by atoms with Crippen LogP contribution < -0.4 is 4.74 Å². The number of carbonyl (C=O) groups is 1. The van der Waals surface area contributed by atoms with Crippen LogP contribution in [0.2, 0.25) is 0 Å². The van der Waals surface area contributed by atoms with E-state index < -0.39 is 0 Å². The topological polar surface area (TPSA) is 39.4 Å². The highest BCUT2D eigenvalue weighted by molar-refractivity contribution is 6.13. The van der Waals surface area contributed by atoms with Crippen LogP contribution in [0.25, 0.3) is 0 Å². The number of ketones is 1. The van der Waals surface area contributed by atoms with Crippen LogP contribution in [0, 0.1) is 34.6 Å². The number of furan rings is 1. The molecule has 0 aliphatic heterocycles. The van der Waals surface area contributed by atoms with Crippen LogP contribution in [-0.4, -0.2) is 12.9 Å². The Balaban J connectivity index is 2.65. The van der Waals surface area contributed by atoms with Crippen molar-refractivity contribution < 1.29 is 13.9 Å². The highest BCUT2D eigenvalue weighted by Gasteiger charge is 2.24. The molecule has 0 spiro atoms. The summed E-state index contributed by atoms with van der Waals surface area (Å²) in [4.78, 5) is 12.9. The summed E-state index contributed by atoms with van der Waals surface area (Å²) < 4.78 is 10.9. The average molecular weight is 272 g/mol. The summed E-state index contributed by atoms with van der Waals surface area (Å²) >= 11 is 0. The molecule has 0 radical (unpaired) electrons. The Kier molecular flexibility index (Phi) is 3.71. The smallest absolute Gasteiger partial charge is 0.200 e. The van der Waals surface area contributed by atoms with Gasteiger partial charge in [0, 0.05) is 5.56 Å². The third-order valence-corrected chi connectivity index (χ3v) is 3.68. The molecule has 0 N–H and O–H groups in total. The lowest BCUT2D eigenvalue weighted by Crippen LogP contribution is -2.08. The Labute approximate surface area is 119 Å². The number of rotatable bonds is 3. The standard InChI is InChI=1S/C17H20O3/c1-9-7-10(2)15(14(8-9)19-6)17(18)16-11(3)12(4)20-13(16)5/h7-8H,1-6H3. The van der Waals surface area contributed by atoms with E-state index in [4.69, 9.17) is 9.15 Å². The number of ether oxygens (including phenoxy) is 1. The normalized spacial score (nSPS) is 10.7. The maximum absolute atomic E-state index is 12.9. The Morgan fingerprint density at radius 3 is 2.15 bits per heavy atom. The second kappa shape index (κ2) is 5.16. The Morgan fingerprint density at radius 2 is 1.65 bits per heavy atom. The monoisotopic (exact) mass is 272 g/mol. The molecule has 0 aliphatic carbocycles. The molecular weight excluding hydrogens is 252 g/mol. The molecule has 0 saturated heterocycles. The molecule has 1 heterocycles. The Morgan fingerprint density at radius 1 is 1.00 bits per heavy atom. The van der Waals surface area contributed by atoms with Crippen molar-refractivity contribution in [3.8, 4) is 5.75 Å². The summed E-state index contributed by atoms with van der Waals surface area (Å²) in [5.41, 5.74) is 4.16. The van der Waals surface area contributed by atoms with Gasteiger partial charge >= 0.3 is 0 Å². The molecule has 3 heteroatoms. The average Bonchev–Trinajstić information content (AvgIpc) is 2.61. The molecule has 0 unspecified atom stereocenters. The lowest BCUT2D eigenvalue weighted by Gasteiger charge is -2.12. The van der Waals surface area contributed by atoms with Gasteiger partial charge in [-0.2, -0.15) is 0 Å². The van der Waals surface area contributed by atoms with Gasteiger partial charge in [0.05, 0.1) is 18.2 Å². The second-order valence-corrected chi connectivity index (χ2v) is 5.20. The number of benzene rings is 1. The molecule has 0 fully saturated rings. The van der Waals surface area contributed by atoms with Gasteiger partial charge in [0.25, 0.3) is 0 Å². The van der Waals surface area contributed by atoms with Crippen molar-refractivity contribution in [3.63, 3.8) is 0 Å². The van der Waals surface area contributed by atoms with Crippen molar-refractivity contribution in [1.29, 1.82) is 0 Å². The van der Waals surface area contributed by atoms with Crippen LogP contribution in [0.5, 0.6) is 5.75 Å². The summed E-state index contributed by atoms with van der Waals surface area (Å²) in [6, 6.07) is 3.88. The largest absolute Gasteiger partial charge is 0.496 e. The fourth-order valence-corrected chi connectivity index (χ4v) is 2.63. The van der Waals surface area contributed by atoms with Crippen molar-refractivity contribution in [2.45, 2.75) is 34.6 Å². The van der Waals surface area contributed by atoms with Crippen LogP contribution in [0.4, 0.5) is 0 Å². The summed E-state index contributed by atoms with van der Waals surface area (Å²) in [6.45, 7) is 9.53. The van der Waals surface area contributed by atoms with E-state index in [1.54, 1.807) is 7.11 Å². The van der Waals surface area contributed by atoms with E-state index in [0.29, 0.717) is 22.6 Å². The molecule has 0 atom stereocenters. The lowest BCUT2D eigenvalue weighted by atomic mass is 9.94. The number of carbonyl (C=O) groups excluding carboxylic acids is 1. The highest BCUT2D eigenvalue weighted by atomic mass is 16.5. The van der Waals surface area contributed by atoms with Crippen LogP contribution in [-0.2, 0) is 0 Å². The van der Waals surface area contributed by atoms with E-state index in [1.807, 2.05) is 46.8 Å². The number of methoxy groups -OCH3 is 1. The molecule has 106 valence electrons. The van der Waals surface area contributed by atoms with E-state index in [0.717, 1.165) is 22.5 Å². The fourth-order valence-electron chi connectivity index (χ4n) is 2.63. The summed E-state index contributed by atoms with van der Waals surface area (Å²) in [5, 5.41) is 0. The lowest BCUT2D eigenvalue weighted by molar-refractivity contribution is 0.103. The van der Waals surface area contributed by atoms with Gasteiger partial charge < -0.3 is 9.15 Å². The first-order valence-corrected chi connectivity index (χ1v) is 6.63. The van der Waals surface area contributed by atoms with Crippen molar-refractivity contribution in [2.24, 2.45) is 0 Å². The molecule has 20 heavy (non-hydrogen) atoms. The molecule has 2 rings (SSSR count). The molecular formula is C17H20O3. The van der Waals surface area contributed by atoms with Gasteiger partial charge in [0.15, 0.2) is 0 Å². The van der Waals surface area contributed by atoms with Gasteiger partial charge in [-0.3, -0.25) is 4.79 Å². The van der Waals surface area contributed by atoms with E-state index >= 15 is 0 Å². The van der Waals surface area contributed by atoms with Gasteiger partial charge in [-0.15, -0.1) is 0 Å². The van der Waals surface area contributed by atoms with Gasteiger partial charge in [0.1, 0.15) is 17.3 Å². The van der Waals surface area contributed by atoms with Gasteiger partial charge in [-0.1, -0.05) is 6.07 Å². The third-order valence-electron chi connectivity index (χ3n) is 3.68. The van der Waals surface area contributed by atoms with Gasteiger partial charge in [-0.05, 0) is 51.8 Å². The molecule has 2 aromatic rings. The first kappa shape index (κ1) is 14.4. The van der Waals surface area contributed by atoms with Crippen LogP contribution in [0.15, 0.2) is 16.5 Å². The third kappa shape index (κ3) is 2.24. The second-order valence-electron chi connectivity index (χ2n) is 5.20. The van der Waals surface area contributed by atoms with Crippen molar-refractivity contribution in [3.05, 3.63) is 51.5 Å². The zero-order chi connectivity index (χ0) is 15.0. The molecule has 1 aromatic carbocycles. The molecule has 3 nitrogen and oxygen atoms in total. The summed E-state index contributed by atoms with van der Waals surface area (Å²) in [6.07, 6.45) is 0. The fraction of sp³-hybridized carbons (Fsp3) is 0.353. The van der Waals surface area contributed by atoms with E-state index in [9.17, 15) is 4.79 Å². The number of aryl methyl sites for hydroxylation is 4. The van der Waals surface area contributed by atoms with Crippen LogP contribution >= 0.6 is 0 Å². The van der Waals surface area contributed by atoms with Crippen molar-refractivity contribution in [1.82, 2.24) is 0 Å². The minimum absolute atomic E-state index is 0.0359. The predicted molar refractivity (Wildman–Crippen MR) is 78.8 cm³/mol. The molecule has 0 bridgehead atoms. The first-order valence-electron chi connectivity index (χ1n) is 6.63. The van der Waals surface area contributed by atoms with E-state index in [-0.39, 0.29) is 5.78 Å². The quantitative estimate of drug-likeness (QED) is 0.791. The maximum Gasteiger partial charge on any atom is 0.200 e. The van der Waals surface area contributed by atoms with Crippen LogP contribution in [0.3, 0.4) is 0 Å². The maximum atomic E-state index is 12.9. The molecule has 0 aliphatic rings. The van der Waals surface area contributed by atoms with E-state index in [1.165, 1.54) is 0 Å². The molecule has 0 saturated carbocycles. The summed E-state index contributed by atoms with van der Waals surface area (Å²) in [5.74, 6) is 2.03. The highest BCUT2D eigenvalue weighted by Crippen LogP contribution is 2.30. The van der Waals surface area contributed by atoms with Gasteiger partial charge in [-0.25, -0.2) is 0 Å². The molecule has 1 aromatic heterocycles. The zero-order valence-corrected chi connectivity index (χ0v) is 12.9. The van der Waals surface area contributed by atoms with E-state index in [2.05, 4.69) is 0 Å². The van der Waals surface area contributed by atoms with Crippen molar-refractivity contribution >= 4 is 5.78 Å². The predicted octanol–water partition coefficient (Wildman–Crippen LogP) is 4.06. The SMILES string of the molecule is COc1cc(C)cc(C)c1C(=O)c1c(C)oc(C)c1C. The summed E-state index contributed by atoms with van der Waals surface area (Å²) in [7, 11) is 1.59. The Bertz CT molecular complexity index is 678. The zero-order valence-electron chi connectivity index (χ0n) is 12.9. The first-order chi connectivity index (χ1) is 9.36. The van der Waals surface area contributed by atoms with Crippen molar-refractivity contribution in [2.75, 3.05) is 7.11 Å². The molecule has 0 amide bonds. The minimum Gasteiger partial charge on any atom is -0.496 e. The Hall–Kier alpha value is -2.03. The number of hydrogen-bond acceptors (Lipinski definition) is 3.